The number of benzene rings is 2. The average molecular weight is 793 g/mol. The monoisotopic (exact) mass is 792 g/mol. The first-order chi connectivity index (χ1) is 26.4. The zero-order chi connectivity index (χ0) is 39.8. The average Bonchev–Trinajstić information content (AvgIpc) is 3.78. The number of hydrogen-bond acceptors (Lipinski definition) is 12. The molecule has 5 saturated heterocycles. The molecule has 2 saturated carbocycles. The Labute approximate surface area is 330 Å². The number of carbonyl (C=O) groups is 1. The molecule has 12 nitrogen and oxygen atoms in total. The van der Waals surface area contributed by atoms with Crippen LogP contribution in [0.2, 0.25) is 18.1 Å². The minimum absolute atomic E-state index is 0.0776. The van der Waals surface area contributed by atoms with Crippen LogP contribution in [0.3, 0.4) is 0 Å². The molecule has 9 rings (SSSR count). The number of rotatable bonds is 7. The normalized spacial score (nSPS) is 43.6. The van der Waals surface area contributed by atoms with Crippen molar-refractivity contribution in [3.05, 3.63) is 71.8 Å². The third kappa shape index (κ3) is 5.10. The molecule has 0 radical (unpaired) electrons. The van der Waals surface area contributed by atoms with Gasteiger partial charge in [0.15, 0.2) is 32.6 Å². The predicted octanol–water partition coefficient (Wildman–Crippen LogP) is 7.02. The van der Waals surface area contributed by atoms with Crippen LogP contribution in [0.25, 0.3) is 0 Å². The lowest BCUT2D eigenvalue weighted by atomic mass is 9.53. The third-order valence-corrected chi connectivity index (χ3v) is 19.3. The van der Waals surface area contributed by atoms with E-state index < -0.39 is 91.6 Å². The molecule has 7 aliphatic rings. The van der Waals surface area contributed by atoms with E-state index in [0.717, 1.165) is 11.1 Å². The van der Waals surface area contributed by atoms with Crippen LogP contribution in [-0.4, -0.2) is 93.8 Å². The van der Waals surface area contributed by atoms with E-state index in [1.807, 2.05) is 55.5 Å². The molecule has 5 heterocycles. The van der Waals surface area contributed by atoms with Crippen LogP contribution in [0.4, 0.5) is 4.79 Å². The van der Waals surface area contributed by atoms with E-state index >= 15 is 0 Å². The Morgan fingerprint density at radius 2 is 1.52 bits per heavy atom. The lowest BCUT2D eigenvalue weighted by Gasteiger charge is -2.65. The molecule has 0 aromatic heterocycles. The summed E-state index contributed by atoms with van der Waals surface area (Å²) in [5.41, 5.74) is -2.96. The summed E-state index contributed by atoms with van der Waals surface area (Å²) in [5.74, 6) is -0.160. The van der Waals surface area contributed by atoms with Crippen molar-refractivity contribution >= 4 is 14.5 Å². The highest BCUT2D eigenvalue weighted by molar-refractivity contribution is 6.74. The second kappa shape index (κ2) is 12.7. The van der Waals surface area contributed by atoms with Gasteiger partial charge >= 0.3 is 6.16 Å². The highest BCUT2D eigenvalue weighted by Gasteiger charge is 2.87. The first-order valence-electron chi connectivity index (χ1n) is 19.9. The molecule has 304 valence electrons. The number of hydrogen-bond donors (Lipinski definition) is 1. The van der Waals surface area contributed by atoms with Crippen molar-refractivity contribution in [3.63, 3.8) is 0 Å². The summed E-state index contributed by atoms with van der Waals surface area (Å²) < 4.78 is 65.8. The molecule has 1 N–H and O–H groups in total. The van der Waals surface area contributed by atoms with Gasteiger partial charge in [-0.1, -0.05) is 58.5 Å². The minimum Gasteiger partial charge on any atom is -0.497 e. The smallest absolute Gasteiger partial charge is 0.497 e. The number of ether oxygens (including phenoxy) is 9. The van der Waals surface area contributed by atoms with Crippen molar-refractivity contribution in [2.45, 2.75) is 125 Å². The van der Waals surface area contributed by atoms with Gasteiger partial charge in [0, 0.05) is 28.9 Å². The second-order valence-electron chi connectivity index (χ2n) is 18.8. The van der Waals surface area contributed by atoms with Gasteiger partial charge in [-0.15, -0.1) is 0 Å². The largest absolute Gasteiger partial charge is 0.509 e. The molecule has 56 heavy (non-hydrogen) atoms. The molecule has 2 bridgehead atoms. The van der Waals surface area contributed by atoms with Crippen LogP contribution in [0.1, 0.15) is 71.2 Å². The van der Waals surface area contributed by atoms with Gasteiger partial charge in [-0.05, 0) is 73.7 Å². The Morgan fingerprint density at radius 3 is 2.09 bits per heavy atom. The topological polar surface area (TPSA) is 130 Å². The van der Waals surface area contributed by atoms with Gasteiger partial charge < -0.3 is 52.2 Å². The maximum absolute atomic E-state index is 14.0. The Morgan fingerprint density at radius 1 is 0.911 bits per heavy atom. The lowest BCUT2D eigenvalue weighted by molar-refractivity contribution is -0.414. The van der Waals surface area contributed by atoms with Crippen molar-refractivity contribution < 1.29 is 57.0 Å². The summed E-state index contributed by atoms with van der Waals surface area (Å²) in [6, 6.07) is 15.1. The van der Waals surface area contributed by atoms with E-state index in [2.05, 4.69) is 47.4 Å². The molecule has 0 amide bonds. The molecule has 14 atom stereocenters. The summed E-state index contributed by atoms with van der Waals surface area (Å²) in [6.07, 6.45) is -4.49. The van der Waals surface area contributed by atoms with E-state index in [-0.39, 0.29) is 24.2 Å². The predicted molar refractivity (Wildman–Crippen MR) is 204 cm³/mol. The van der Waals surface area contributed by atoms with Gasteiger partial charge in [0.1, 0.15) is 34.9 Å². The van der Waals surface area contributed by atoms with Crippen molar-refractivity contribution in [1.29, 1.82) is 0 Å². The first-order valence-corrected chi connectivity index (χ1v) is 22.8. The number of carbonyl (C=O) groups excluding carboxylic acids is 1. The number of aliphatic hydroxyl groups is 1. The first kappa shape index (κ1) is 38.5. The van der Waals surface area contributed by atoms with Crippen molar-refractivity contribution in [2.24, 2.45) is 23.7 Å². The quantitative estimate of drug-likeness (QED) is 0.176. The molecule has 2 aromatic rings. The van der Waals surface area contributed by atoms with E-state index in [9.17, 15) is 9.90 Å². The molecular formula is C43H56O12Si. The summed E-state index contributed by atoms with van der Waals surface area (Å²) in [6.45, 7) is 19.8. The summed E-state index contributed by atoms with van der Waals surface area (Å²) in [5, 5.41) is 13.9. The number of methoxy groups -OCH3 is 2. The van der Waals surface area contributed by atoms with Crippen molar-refractivity contribution in [1.82, 2.24) is 0 Å². The fourth-order valence-electron chi connectivity index (χ4n) is 11.3. The van der Waals surface area contributed by atoms with E-state index in [1.165, 1.54) is 0 Å². The van der Waals surface area contributed by atoms with Crippen LogP contribution in [0, 0.1) is 23.7 Å². The van der Waals surface area contributed by atoms with Crippen LogP contribution in [0.15, 0.2) is 60.7 Å². The Bertz CT molecular complexity index is 1880. The highest BCUT2D eigenvalue weighted by Crippen LogP contribution is 2.73. The maximum atomic E-state index is 14.0. The molecule has 7 fully saturated rings. The molecule has 5 aliphatic heterocycles. The highest BCUT2D eigenvalue weighted by atomic mass is 28.4. The molecule has 0 unspecified atom stereocenters. The minimum atomic E-state index is -2.46. The second-order valence-corrected chi connectivity index (χ2v) is 23.5. The van der Waals surface area contributed by atoms with E-state index in [4.69, 9.17) is 47.1 Å². The fraction of sp³-hybridized carbons (Fsp3) is 0.651. The standard InChI is InChI=1S/C43H56O12Si/c1-23(2)42-33(51-38(44)53-42)29-20-40-22-49-36(26-13-17-28(47-8)18-14-26)52-37(40)41(45)31(19-24(3)32(41)54-56(9,10)39(4,5)6)43(29,55-40)30-21-48-35(50-34(30)42)25-11-15-27(46-7)16-12-25/h11-18,24,29-37,45H,1,19-22H2,2-10H3/t24-,29-,30+,31+,32-,33+,34+,35+,36+,37+,40+,41+,42+,43-/m0/s1. The van der Waals surface area contributed by atoms with Gasteiger partial charge in [-0.3, -0.25) is 0 Å². The van der Waals surface area contributed by atoms with Crippen LogP contribution in [-0.2, 0) is 37.6 Å². The Kier molecular flexibility index (Phi) is 8.76. The van der Waals surface area contributed by atoms with Gasteiger partial charge in [0.05, 0.1) is 39.1 Å². The van der Waals surface area contributed by atoms with Crippen molar-refractivity contribution in [2.75, 3.05) is 27.4 Å². The van der Waals surface area contributed by atoms with Gasteiger partial charge in [0.2, 0.25) is 0 Å². The van der Waals surface area contributed by atoms with E-state index in [0.29, 0.717) is 29.9 Å². The van der Waals surface area contributed by atoms with Gasteiger partial charge in [0.25, 0.3) is 0 Å². The summed E-state index contributed by atoms with van der Waals surface area (Å²) in [4.78, 5) is 13.5. The molecule has 2 aliphatic carbocycles. The van der Waals surface area contributed by atoms with Gasteiger partial charge in [-0.25, -0.2) is 4.79 Å². The zero-order valence-corrected chi connectivity index (χ0v) is 34.9. The lowest BCUT2D eigenvalue weighted by Crippen LogP contribution is -2.80. The Hall–Kier alpha value is -3.01. The zero-order valence-electron chi connectivity index (χ0n) is 33.9. The summed E-state index contributed by atoms with van der Waals surface area (Å²) >= 11 is 0. The molecular weight excluding hydrogens is 737 g/mol. The molecule has 2 aromatic carbocycles. The van der Waals surface area contributed by atoms with Crippen LogP contribution in [0.5, 0.6) is 11.5 Å². The summed E-state index contributed by atoms with van der Waals surface area (Å²) in [7, 11) is 0.785. The maximum Gasteiger partial charge on any atom is 0.509 e. The van der Waals surface area contributed by atoms with Gasteiger partial charge in [-0.2, -0.15) is 0 Å². The molecule has 2 spiro atoms. The van der Waals surface area contributed by atoms with Crippen LogP contribution >= 0.6 is 0 Å². The Balaban J connectivity index is 1.20. The van der Waals surface area contributed by atoms with Crippen molar-refractivity contribution in [3.8, 4) is 11.5 Å². The molecule has 13 heteroatoms. The third-order valence-electron chi connectivity index (χ3n) is 14.8. The SMILES string of the molecule is C=C(C)[C@@]12OC(=O)O[C@@H]1[C@@H]1C[C@@]34CO[C@@H](c5ccc(OC)cc5)O[C@H]3[C@@]3(O)[C@@H](C[C@H](C)[C@@H]3O[Si](C)(C)C(C)(C)C)[C@@]1(O4)[C@@H]1CO[C@@H](c3ccc(OC)cc3)O[C@H]12. The van der Waals surface area contributed by atoms with E-state index in [1.54, 1.807) is 14.2 Å². The van der Waals surface area contributed by atoms with Crippen LogP contribution < -0.4 is 9.47 Å². The fourth-order valence-corrected chi connectivity index (χ4v) is 12.7. The number of fused-ring (bicyclic) bond motifs is 6.